The van der Waals surface area contributed by atoms with Gasteiger partial charge in [0.05, 0.1) is 24.7 Å². The van der Waals surface area contributed by atoms with Crippen LogP contribution in [0, 0.1) is 0 Å². The standard InChI is InChI=1S/C23H34N2O8S/c1-5-16(4)25(18-10-11-34(29,30)15-18)21(26)14-33-22(27)13-24-23(28)17-8-9-19(31-6-2)20(12-17)32-7-3/h8-9,12,16,18H,5-7,10-11,13-15H2,1-4H3,(H,24,28). The molecule has 1 aliphatic heterocycles. The minimum Gasteiger partial charge on any atom is -0.490 e. The quantitative estimate of drug-likeness (QED) is 0.430. The predicted molar refractivity (Wildman–Crippen MR) is 126 cm³/mol. The van der Waals surface area contributed by atoms with Gasteiger partial charge in [0.15, 0.2) is 27.9 Å². The van der Waals surface area contributed by atoms with Crippen LogP contribution in [0.25, 0.3) is 0 Å². The van der Waals surface area contributed by atoms with Crippen LogP contribution in [-0.4, -0.2) is 81.1 Å². The summed E-state index contributed by atoms with van der Waals surface area (Å²) in [6.07, 6.45) is 1.01. The molecule has 0 aromatic heterocycles. The van der Waals surface area contributed by atoms with E-state index in [2.05, 4.69) is 5.32 Å². The second-order valence-corrected chi connectivity index (χ2v) is 10.2. The molecule has 1 saturated heterocycles. The summed E-state index contributed by atoms with van der Waals surface area (Å²) in [6.45, 7) is 7.27. The van der Waals surface area contributed by atoms with Gasteiger partial charge in [-0.25, -0.2) is 8.42 Å². The van der Waals surface area contributed by atoms with E-state index >= 15 is 0 Å². The van der Waals surface area contributed by atoms with Crippen LogP contribution in [-0.2, 0) is 24.2 Å². The van der Waals surface area contributed by atoms with Gasteiger partial charge in [-0.1, -0.05) is 6.92 Å². The van der Waals surface area contributed by atoms with Gasteiger partial charge in [-0.3, -0.25) is 14.4 Å². The Labute approximate surface area is 200 Å². The SMILES string of the molecule is CCOc1ccc(C(=O)NCC(=O)OCC(=O)N(C(C)CC)C2CCS(=O)(=O)C2)cc1OCC. The molecule has 0 spiro atoms. The molecule has 0 saturated carbocycles. The fourth-order valence-electron chi connectivity index (χ4n) is 3.72. The topological polar surface area (TPSA) is 128 Å². The Kier molecular flexibility index (Phi) is 10.2. The number of hydrogen-bond acceptors (Lipinski definition) is 8. The van der Waals surface area contributed by atoms with Crippen molar-refractivity contribution in [3.05, 3.63) is 23.8 Å². The summed E-state index contributed by atoms with van der Waals surface area (Å²) in [5.74, 6) is -0.849. The first-order valence-electron chi connectivity index (χ1n) is 11.5. The van der Waals surface area contributed by atoms with Gasteiger partial charge in [0.1, 0.15) is 6.54 Å². The number of amides is 2. The Morgan fingerprint density at radius 1 is 1.12 bits per heavy atom. The lowest BCUT2D eigenvalue weighted by Gasteiger charge is -2.33. The van der Waals surface area contributed by atoms with E-state index in [1.807, 2.05) is 27.7 Å². The Morgan fingerprint density at radius 2 is 1.79 bits per heavy atom. The Morgan fingerprint density at radius 3 is 2.38 bits per heavy atom. The molecule has 2 amide bonds. The second-order valence-electron chi connectivity index (χ2n) is 7.99. The number of esters is 1. The van der Waals surface area contributed by atoms with E-state index in [4.69, 9.17) is 14.2 Å². The van der Waals surface area contributed by atoms with Crippen LogP contribution in [0.5, 0.6) is 11.5 Å². The summed E-state index contributed by atoms with van der Waals surface area (Å²) in [5, 5.41) is 2.46. The number of benzene rings is 1. The maximum absolute atomic E-state index is 12.7. The van der Waals surface area contributed by atoms with Crippen LogP contribution >= 0.6 is 0 Å². The van der Waals surface area contributed by atoms with Crippen molar-refractivity contribution in [2.24, 2.45) is 0 Å². The number of hydrogen-bond donors (Lipinski definition) is 1. The smallest absolute Gasteiger partial charge is 0.325 e. The monoisotopic (exact) mass is 498 g/mol. The maximum atomic E-state index is 12.7. The molecule has 0 aliphatic carbocycles. The number of nitrogens with zero attached hydrogens (tertiary/aromatic N) is 1. The van der Waals surface area contributed by atoms with E-state index in [0.29, 0.717) is 37.6 Å². The summed E-state index contributed by atoms with van der Waals surface area (Å²) in [7, 11) is -3.17. The zero-order chi connectivity index (χ0) is 25.3. The number of rotatable bonds is 12. The Hall–Kier alpha value is -2.82. The average molecular weight is 499 g/mol. The molecule has 1 N–H and O–H groups in total. The molecule has 2 atom stereocenters. The third kappa shape index (κ3) is 7.61. The van der Waals surface area contributed by atoms with E-state index in [1.165, 1.54) is 11.0 Å². The van der Waals surface area contributed by atoms with Crippen molar-refractivity contribution in [3.63, 3.8) is 0 Å². The normalized spacial score (nSPS) is 17.5. The van der Waals surface area contributed by atoms with E-state index < -0.39 is 46.8 Å². The van der Waals surface area contributed by atoms with Crippen molar-refractivity contribution in [2.45, 2.75) is 52.6 Å². The van der Waals surface area contributed by atoms with E-state index in [9.17, 15) is 22.8 Å². The number of nitrogens with one attached hydrogen (secondary N) is 1. The summed E-state index contributed by atoms with van der Waals surface area (Å²) < 4.78 is 39.7. The number of ether oxygens (including phenoxy) is 3. The van der Waals surface area contributed by atoms with Crippen molar-refractivity contribution in [2.75, 3.05) is 37.9 Å². The second kappa shape index (κ2) is 12.6. The van der Waals surface area contributed by atoms with Crippen molar-refractivity contribution < 1.29 is 37.0 Å². The molecule has 2 unspecified atom stereocenters. The van der Waals surface area contributed by atoms with E-state index in [0.717, 1.165) is 0 Å². The van der Waals surface area contributed by atoms with Crippen LogP contribution in [0.15, 0.2) is 18.2 Å². The lowest BCUT2D eigenvalue weighted by Crippen LogP contribution is -2.48. The number of sulfone groups is 1. The highest BCUT2D eigenvalue weighted by atomic mass is 32.2. The third-order valence-electron chi connectivity index (χ3n) is 5.51. The van der Waals surface area contributed by atoms with E-state index in [1.54, 1.807) is 12.1 Å². The molecule has 34 heavy (non-hydrogen) atoms. The molecule has 1 aromatic rings. The first-order chi connectivity index (χ1) is 16.1. The van der Waals surface area contributed by atoms with Crippen LogP contribution < -0.4 is 14.8 Å². The van der Waals surface area contributed by atoms with E-state index in [-0.39, 0.29) is 23.1 Å². The van der Waals surface area contributed by atoms with Crippen molar-refractivity contribution in [3.8, 4) is 11.5 Å². The zero-order valence-corrected chi connectivity index (χ0v) is 21.0. The van der Waals surface area contributed by atoms with Crippen LogP contribution in [0.2, 0.25) is 0 Å². The molecule has 1 aromatic carbocycles. The highest BCUT2D eigenvalue weighted by Crippen LogP contribution is 2.28. The molecule has 1 heterocycles. The van der Waals surface area contributed by atoms with Crippen molar-refractivity contribution in [1.82, 2.24) is 10.2 Å². The lowest BCUT2D eigenvalue weighted by atomic mass is 10.1. The van der Waals surface area contributed by atoms with Crippen molar-refractivity contribution in [1.29, 1.82) is 0 Å². The zero-order valence-electron chi connectivity index (χ0n) is 20.2. The fraction of sp³-hybridized carbons (Fsp3) is 0.609. The van der Waals surface area contributed by atoms with Gasteiger partial charge in [-0.15, -0.1) is 0 Å². The van der Waals surface area contributed by atoms with Gasteiger partial charge >= 0.3 is 5.97 Å². The van der Waals surface area contributed by atoms with Crippen LogP contribution in [0.4, 0.5) is 0 Å². The molecular formula is C23H34N2O8S. The minimum absolute atomic E-state index is 0.0419. The highest BCUT2D eigenvalue weighted by Gasteiger charge is 2.36. The van der Waals surface area contributed by atoms with Gasteiger partial charge in [-0.05, 0) is 51.8 Å². The fourth-order valence-corrected chi connectivity index (χ4v) is 5.43. The average Bonchev–Trinajstić information content (AvgIpc) is 3.16. The third-order valence-corrected chi connectivity index (χ3v) is 7.26. The molecular weight excluding hydrogens is 464 g/mol. The van der Waals surface area contributed by atoms with Gasteiger partial charge in [-0.2, -0.15) is 0 Å². The predicted octanol–water partition coefficient (Wildman–Crippen LogP) is 1.57. The molecule has 0 radical (unpaired) electrons. The first kappa shape index (κ1) is 27.4. The Balaban J connectivity index is 1.91. The van der Waals surface area contributed by atoms with Crippen LogP contribution in [0.3, 0.4) is 0 Å². The minimum atomic E-state index is -3.17. The van der Waals surface area contributed by atoms with Gasteiger partial charge in [0, 0.05) is 17.6 Å². The molecule has 11 heteroatoms. The van der Waals surface area contributed by atoms with Crippen molar-refractivity contribution >= 4 is 27.6 Å². The van der Waals surface area contributed by atoms with Gasteiger partial charge in [0.2, 0.25) is 0 Å². The molecule has 10 nitrogen and oxygen atoms in total. The summed E-state index contributed by atoms with van der Waals surface area (Å²) in [5.41, 5.74) is 0.279. The molecule has 2 rings (SSSR count). The number of carbonyl (C=O) groups excluding carboxylic acids is 3. The molecule has 1 fully saturated rings. The Bertz CT molecular complexity index is 979. The molecule has 0 bridgehead atoms. The first-order valence-corrected chi connectivity index (χ1v) is 13.3. The highest BCUT2D eigenvalue weighted by molar-refractivity contribution is 7.91. The van der Waals surface area contributed by atoms with Gasteiger partial charge in [0.25, 0.3) is 11.8 Å². The van der Waals surface area contributed by atoms with Crippen LogP contribution in [0.1, 0.15) is 50.9 Å². The lowest BCUT2D eigenvalue weighted by molar-refractivity contribution is -0.153. The van der Waals surface area contributed by atoms with Gasteiger partial charge < -0.3 is 24.4 Å². The molecule has 190 valence electrons. The largest absolute Gasteiger partial charge is 0.490 e. The molecule has 1 aliphatic rings. The summed E-state index contributed by atoms with van der Waals surface area (Å²) >= 11 is 0. The maximum Gasteiger partial charge on any atom is 0.325 e. The summed E-state index contributed by atoms with van der Waals surface area (Å²) in [4.78, 5) is 38.8. The summed E-state index contributed by atoms with van der Waals surface area (Å²) in [6, 6.07) is 4.08. The number of carbonyl (C=O) groups is 3.